The monoisotopic (exact) mass is 520 g/mol. The number of guanidine groups is 1. The number of hydrogen-bond donors (Lipinski definition) is 3. The highest BCUT2D eigenvalue weighted by Gasteiger charge is 2.04. The largest absolute Gasteiger partial charge is 0.356 e. The van der Waals surface area contributed by atoms with Gasteiger partial charge in [-0.3, -0.25) is 9.79 Å². The summed E-state index contributed by atoms with van der Waals surface area (Å²) in [4.78, 5) is 16.1. The highest BCUT2D eigenvalue weighted by molar-refractivity contribution is 14.0. The molecule has 3 N–H and O–H groups in total. The average Bonchev–Trinajstić information content (AvgIpc) is 2.65. The van der Waals surface area contributed by atoms with Crippen molar-refractivity contribution in [2.45, 2.75) is 13.0 Å². The van der Waals surface area contributed by atoms with Crippen molar-refractivity contribution in [1.82, 2.24) is 16.0 Å². The first-order valence-corrected chi connectivity index (χ1v) is 9.07. The van der Waals surface area contributed by atoms with E-state index in [4.69, 9.17) is 23.2 Å². The molecular formula is C19H23Cl2IN4O. The lowest BCUT2D eigenvalue weighted by molar-refractivity contribution is 0.0953. The molecule has 5 nitrogen and oxygen atoms in total. The fourth-order valence-electron chi connectivity index (χ4n) is 2.25. The van der Waals surface area contributed by atoms with Crippen LogP contribution in [0.4, 0.5) is 0 Å². The van der Waals surface area contributed by atoms with E-state index in [1.165, 1.54) is 0 Å². The molecular weight excluding hydrogens is 498 g/mol. The Kier molecular flexibility index (Phi) is 11.2. The van der Waals surface area contributed by atoms with Crippen molar-refractivity contribution in [3.05, 3.63) is 69.7 Å². The molecule has 0 unspecified atom stereocenters. The van der Waals surface area contributed by atoms with E-state index < -0.39 is 0 Å². The van der Waals surface area contributed by atoms with Gasteiger partial charge in [0.2, 0.25) is 0 Å². The molecule has 0 aliphatic rings. The summed E-state index contributed by atoms with van der Waals surface area (Å²) in [6.07, 6.45) is 0.779. The van der Waals surface area contributed by atoms with Gasteiger partial charge in [-0.05, 0) is 36.2 Å². The van der Waals surface area contributed by atoms with E-state index in [0.717, 1.165) is 12.0 Å². The zero-order valence-corrected chi connectivity index (χ0v) is 18.8. The molecule has 1 amide bonds. The third-order valence-electron chi connectivity index (χ3n) is 3.65. The highest BCUT2D eigenvalue weighted by atomic mass is 127. The standard InChI is InChI=1S/C19H22Cl2N4O.HI/c1-22-19(25-13-15-8-9-16(20)12-17(15)21)24-11-5-10-23-18(26)14-6-3-2-4-7-14;/h2-4,6-9,12H,5,10-11,13H2,1H3,(H,23,26)(H2,22,24,25);1H. The second-order valence-electron chi connectivity index (χ2n) is 5.56. The van der Waals surface area contributed by atoms with E-state index in [0.29, 0.717) is 41.2 Å². The third-order valence-corrected chi connectivity index (χ3v) is 4.24. The molecule has 0 saturated heterocycles. The Morgan fingerprint density at radius 3 is 2.37 bits per heavy atom. The molecule has 0 saturated carbocycles. The molecule has 0 fully saturated rings. The van der Waals surface area contributed by atoms with E-state index in [1.54, 1.807) is 31.3 Å². The summed E-state index contributed by atoms with van der Waals surface area (Å²) in [5.41, 5.74) is 1.60. The van der Waals surface area contributed by atoms with Crippen LogP contribution >= 0.6 is 47.2 Å². The number of rotatable bonds is 7. The normalized spacial score (nSPS) is 10.7. The smallest absolute Gasteiger partial charge is 0.251 e. The Bertz CT molecular complexity index is 757. The Morgan fingerprint density at radius 2 is 1.70 bits per heavy atom. The number of amides is 1. The van der Waals surface area contributed by atoms with Gasteiger partial charge >= 0.3 is 0 Å². The summed E-state index contributed by atoms with van der Waals surface area (Å²) in [5, 5.41) is 10.5. The predicted octanol–water partition coefficient (Wildman–Crippen LogP) is 4.10. The lowest BCUT2D eigenvalue weighted by Crippen LogP contribution is -2.38. The van der Waals surface area contributed by atoms with Gasteiger partial charge in [0.25, 0.3) is 5.91 Å². The molecule has 0 aliphatic carbocycles. The van der Waals surface area contributed by atoms with Crippen LogP contribution in [-0.4, -0.2) is 32.0 Å². The number of carbonyl (C=O) groups is 1. The van der Waals surface area contributed by atoms with Gasteiger partial charge in [-0.2, -0.15) is 0 Å². The van der Waals surface area contributed by atoms with Gasteiger partial charge < -0.3 is 16.0 Å². The SMILES string of the molecule is CN=C(NCCCNC(=O)c1ccccc1)NCc1ccc(Cl)cc1Cl.I. The number of carbonyl (C=O) groups excluding carboxylic acids is 1. The second kappa shape index (κ2) is 12.8. The van der Waals surface area contributed by atoms with Gasteiger partial charge in [0.15, 0.2) is 5.96 Å². The van der Waals surface area contributed by atoms with Crippen molar-refractivity contribution in [1.29, 1.82) is 0 Å². The molecule has 2 rings (SSSR count). The van der Waals surface area contributed by atoms with Gasteiger partial charge in [0.05, 0.1) is 0 Å². The lowest BCUT2D eigenvalue weighted by Gasteiger charge is -2.13. The fourth-order valence-corrected chi connectivity index (χ4v) is 2.73. The molecule has 8 heteroatoms. The predicted molar refractivity (Wildman–Crippen MR) is 123 cm³/mol. The van der Waals surface area contributed by atoms with Crippen molar-refractivity contribution in [2.75, 3.05) is 20.1 Å². The fraction of sp³-hybridized carbons (Fsp3) is 0.263. The molecule has 0 heterocycles. The van der Waals surface area contributed by atoms with Crippen LogP contribution in [0.1, 0.15) is 22.3 Å². The maximum atomic E-state index is 11.9. The van der Waals surface area contributed by atoms with Crippen molar-refractivity contribution < 1.29 is 4.79 Å². The number of halogens is 3. The second-order valence-corrected chi connectivity index (χ2v) is 6.41. The summed E-state index contributed by atoms with van der Waals surface area (Å²) >= 11 is 12.1. The Hall–Kier alpha value is -1.51. The van der Waals surface area contributed by atoms with E-state index in [1.807, 2.05) is 24.3 Å². The number of aliphatic imine (C=N–C) groups is 1. The van der Waals surface area contributed by atoms with Crippen LogP contribution in [0.2, 0.25) is 10.0 Å². The molecule has 0 radical (unpaired) electrons. The number of hydrogen-bond acceptors (Lipinski definition) is 2. The number of benzene rings is 2. The molecule has 146 valence electrons. The van der Waals surface area contributed by atoms with Crippen LogP contribution < -0.4 is 16.0 Å². The molecule has 0 spiro atoms. The minimum Gasteiger partial charge on any atom is -0.356 e. The summed E-state index contributed by atoms with van der Waals surface area (Å²) in [6, 6.07) is 14.6. The molecule has 2 aromatic rings. The quantitative estimate of drug-likeness (QED) is 0.223. The number of nitrogens with zero attached hydrogens (tertiary/aromatic N) is 1. The maximum absolute atomic E-state index is 11.9. The van der Waals surface area contributed by atoms with Gasteiger partial charge in [-0.15, -0.1) is 24.0 Å². The van der Waals surface area contributed by atoms with Crippen molar-refractivity contribution >= 4 is 59.0 Å². The first-order valence-electron chi connectivity index (χ1n) is 8.32. The summed E-state index contributed by atoms with van der Waals surface area (Å²) in [7, 11) is 1.70. The first-order chi connectivity index (χ1) is 12.6. The van der Waals surface area contributed by atoms with Crippen LogP contribution in [0, 0.1) is 0 Å². The van der Waals surface area contributed by atoms with E-state index >= 15 is 0 Å². The van der Waals surface area contributed by atoms with Crippen LogP contribution in [0.3, 0.4) is 0 Å². The minimum absolute atomic E-state index is 0. The molecule has 0 bridgehead atoms. The summed E-state index contributed by atoms with van der Waals surface area (Å²) < 4.78 is 0. The van der Waals surface area contributed by atoms with Crippen LogP contribution in [0.15, 0.2) is 53.5 Å². The van der Waals surface area contributed by atoms with Crippen LogP contribution in [0.25, 0.3) is 0 Å². The maximum Gasteiger partial charge on any atom is 0.251 e. The Morgan fingerprint density at radius 1 is 1.00 bits per heavy atom. The molecule has 0 aromatic heterocycles. The van der Waals surface area contributed by atoms with Gasteiger partial charge in [0, 0.05) is 42.3 Å². The minimum atomic E-state index is -0.0644. The molecule has 27 heavy (non-hydrogen) atoms. The molecule has 0 aliphatic heterocycles. The van der Waals surface area contributed by atoms with Crippen molar-refractivity contribution in [3.63, 3.8) is 0 Å². The zero-order valence-electron chi connectivity index (χ0n) is 15.0. The third kappa shape index (κ3) is 8.36. The van der Waals surface area contributed by atoms with Gasteiger partial charge in [-0.25, -0.2) is 0 Å². The van der Waals surface area contributed by atoms with E-state index in [2.05, 4.69) is 20.9 Å². The van der Waals surface area contributed by atoms with Gasteiger partial charge in [-0.1, -0.05) is 47.5 Å². The first kappa shape index (κ1) is 23.5. The van der Waals surface area contributed by atoms with E-state index in [-0.39, 0.29) is 29.9 Å². The molecule has 2 aromatic carbocycles. The Balaban J connectivity index is 0.00000364. The lowest BCUT2D eigenvalue weighted by atomic mass is 10.2. The van der Waals surface area contributed by atoms with Crippen LogP contribution in [0.5, 0.6) is 0 Å². The van der Waals surface area contributed by atoms with E-state index in [9.17, 15) is 4.79 Å². The Labute approximate surface area is 186 Å². The summed E-state index contributed by atoms with van der Waals surface area (Å²) in [5.74, 6) is 0.607. The zero-order chi connectivity index (χ0) is 18.8. The molecule has 0 atom stereocenters. The number of nitrogens with one attached hydrogen (secondary N) is 3. The average molecular weight is 521 g/mol. The van der Waals surface area contributed by atoms with Gasteiger partial charge in [0.1, 0.15) is 0 Å². The highest BCUT2D eigenvalue weighted by Crippen LogP contribution is 2.20. The van der Waals surface area contributed by atoms with Crippen molar-refractivity contribution in [2.24, 2.45) is 4.99 Å². The summed E-state index contributed by atoms with van der Waals surface area (Å²) in [6.45, 7) is 1.81. The van der Waals surface area contributed by atoms with Crippen LogP contribution in [-0.2, 0) is 6.54 Å². The topological polar surface area (TPSA) is 65.5 Å². The van der Waals surface area contributed by atoms with Crippen molar-refractivity contribution in [3.8, 4) is 0 Å².